The average molecular weight is 485 g/mol. The van der Waals surface area contributed by atoms with Crippen molar-refractivity contribution >= 4 is 22.5 Å². The van der Waals surface area contributed by atoms with Gasteiger partial charge in [0.25, 0.3) is 0 Å². The molecule has 1 saturated carbocycles. The highest BCUT2D eigenvalue weighted by Gasteiger charge is 2.30. The molecule has 0 unspecified atom stereocenters. The van der Waals surface area contributed by atoms with Crippen LogP contribution in [-0.2, 0) is 19.1 Å². The Labute approximate surface area is 200 Å². The second kappa shape index (κ2) is 9.33. The molecule has 1 fully saturated rings. The Balaban J connectivity index is 1.37. The number of nitrogens with two attached hydrogens (primary N) is 1. The lowest BCUT2D eigenvalue weighted by Crippen LogP contribution is -2.34. The van der Waals surface area contributed by atoms with Gasteiger partial charge in [0.1, 0.15) is 11.3 Å². The van der Waals surface area contributed by atoms with Gasteiger partial charge in [-0.15, -0.1) is 5.10 Å². The molecule has 2 heterocycles. The molecule has 0 amide bonds. The summed E-state index contributed by atoms with van der Waals surface area (Å²) in [6.07, 6.45) is -0.0655. The number of nitrogens with zero attached hydrogens (tertiary/aromatic N) is 5. The first kappa shape index (κ1) is 23.3. The number of alkyl halides is 3. The molecule has 5 rings (SSSR count). The van der Waals surface area contributed by atoms with Crippen LogP contribution in [0.25, 0.3) is 16.6 Å². The molecular weight excluding hydrogens is 457 g/mol. The van der Waals surface area contributed by atoms with E-state index in [-0.39, 0.29) is 5.95 Å². The zero-order valence-corrected chi connectivity index (χ0v) is 19.4. The summed E-state index contributed by atoms with van der Waals surface area (Å²) in [5, 5.41) is 5.41. The zero-order valence-electron chi connectivity index (χ0n) is 19.4. The molecule has 0 atom stereocenters. The predicted octanol–water partition coefficient (Wildman–Crippen LogP) is 4.73. The van der Waals surface area contributed by atoms with E-state index in [9.17, 15) is 13.2 Å². The van der Waals surface area contributed by atoms with E-state index >= 15 is 0 Å². The molecule has 4 aromatic rings. The first-order valence-corrected chi connectivity index (χ1v) is 11.7. The van der Waals surface area contributed by atoms with Gasteiger partial charge < -0.3 is 10.5 Å². The standard InChI is InChI=1S/C25H27F3N6O/c1-35-20-7-3-6-19-22(20)31-24(29)34-23(19)30-21(32-34)15-33(14-17-4-2-5-17)13-12-16-8-10-18(11-9-16)25(26,27)28/h3,6-11,17H,2,4-5,12-15H2,1H3,(H2,29,31). The van der Waals surface area contributed by atoms with E-state index in [4.69, 9.17) is 15.5 Å². The second-order valence-corrected chi connectivity index (χ2v) is 9.07. The molecule has 0 saturated heterocycles. The molecule has 1 aliphatic carbocycles. The Kier molecular flexibility index (Phi) is 6.22. The van der Waals surface area contributed by atoms with Crippen molar-refractivity contribution in [1.82, 2.24) is 24.5 Å². The SMILES string of the molecule is COc1cccc2c1nc(N)n1nc(CN(CCc3ccc(C(F)(F)F)cc3)CC3CCC3)nc21. The topological polar surface area (TPSA) is 81.6 Å². The van der Waals surface area contributed by atoms with Gasteiger partial charge in [0.05, 0.1) is 19.2 Å². The molecule has 2 aromatic heterocycles. The monoisotopic (exact) mass is 484 g/mol. The highest BCUT2D eigenvalue weighted by Crippen LogP contribution is 2.31. The lowest BCUT2D eigenvalue weighted by atomic mass is 9.85. The van der Waals surface area contributed by atoms with Gasteiger partial charge in [-0.3, -0.25) is 4.90 Å². The van der Waals surface area contributed by atoms with Crippen molar-refractivity contribution in [2.75, 3.05) is 25.9 Å². The zero-order chi connectivity index (χ0) is 24.6. The summed E-state index contributed by atoms with van der Waals surface area (Å²) in [5.74, 6) is 2.09. The summed E-state index contributed by atoms with van der Waals surface area (Å²) in [5.41, 5.74) is 7.67. The Morgan fingerprint density at radius 2 is 1.89 bits per heavy atom. The van der Waals surface area contributed by atoms with Gasteiger partial charge in [-0.05, 0) is 55.0 Å². The summed E-state index contributed by atoms with van der Waals surface area (Å²) >= 11 is 0. The minimum absolute atomic E-state index is 0.228. The maximum absolute atomic E-state index is 12.9. The third kappa shape index (κ3) is 4.88. The van der Waals surface area contributed by atoms with Gasteiger partial charge in [0.2, 0.25) is 5.95 Å². The number of anilines is 1. The van der Waals surface area contributed by atoms with Crippen molar-refractivity contribution in [3.63, 3.8) is 0 Å². The molecule has 10 heteroatoms. The van der Waals surface area contributed by atoms with Gasteiger partial charge in [-0.1, -0.05) is 24.6 Å². The molecule has 0 spiro atoms. The lowest BCUT2D eigenvalue weighted by molar-refractivity contribution is -0.137. The molecule has 0 bridgehead atoms. The molecule has 2 N–H and O–H groups in total. The van der Waals surface area contributed by atoms with Gasteiger partial charge in [0, 0.05) is 18.5 Å². The number of hydrogen-bond acceptors (Lipinski definition) is 6. The van der Waals surface area contributed by atoms with Gasteiger partial charge in [-0.2, -0.15) is 17.7 Å². The fourth-order valence-electron chi connectivity index (χ4n) is 4.52. The minimum Gasteiger partial charge on any atom is -0.494 e. The molecule has 0 radical (unpaired) electrons. The molecule has 0 aliphatic heterocycles. The third-order valence-electron chi connectivity index (χ3n) is 6.66. The number of rotatable bonds is 8. The Bertz CT molecular complexity index is 1330. The maximum atomic E-state index is 12.9. The van der Waals surface area contributed by atoms with Crippen molar-refractivity contribution in [2.45, 2.75) is 38.4 Å². The Hall–Kier alpha value is -3.40. The first-order chi connectivity index (χ1) is 16.8. The van der Waals surface area contributed by atoms with Crippen molar-refractivity contribution < 1.29 is 17.9 Å². The van der Waals surface area contributed by atoms with Crippen molar-refractivity contribution in [2.24, 2.45) is 5.92 Å². The highest BCUT2D eigenvalue weighted by atomic mass is 19.4. The number of fused-ring (bicyclic) bond motifs is 3. The van der Waals surface area contributed by atoms with Gasteiger partial charge in [-0.25, -0.2) is 9.97 Å². The second-order valence-electron chi connectivity index (χ2n) is 9.07. The normalized spacial score (nSPS) is 14.7. The first-order valence-electron chi connectivity index (χ1n) is 11.7. The van der Waals surface area contributed by atoms with Crippen molar-refractivity contribution in [3.05, 3.63) is 59.4 Å². The van der Waals surface area contributed by atoms with Crippen LogP contribution in [0, 0.1) is 5.92 Å². The number of nitrogen functional groups attached to an aromatic ring is 1. The highest BCUT2D eigenvalue weighted by molar-refractivity contribution is 5.95. The van der Waals surface area contributed by atoms with Crippen molar-refractivity contribution in [3.8, 4) is 5.75 Å². The summed E-state index contributed by atoms with van der Waals surface area (Å²) in [4.78, 5) is 11.5. The smallest absolute Gasteiger partial charge is 0.416 e. The van der Waals surface area contributed by atoms with E-state index in [0.29, 0.717) is 48.2 Å². The van der Waals surface area contributed by atoms with Gasteiger partial charge in [0.15, 0.2) is 11.5 Å². The van der Waals surface area contributed by atoms with Gasteiger partial charge >= 0.3 is 6.18 Å². The Morgan fingerprint density at radius 3 is 2.54 bits per heavy atom. The summed E-state index contributed by atoms with van der Waals surface area (Å²) < 4.78 is 45.6. The summed E-state index contributed by atoms with van der Waals surface area (Å²) in [7, 11) is 1.58. The number of benzene rings is 2. The number of para-hydroxylation sites is 1. The van der Waals surface area contributed by atoms with Crippen LogP contribution >= 0.6 is 0 Å². The molecule has 1 aliphatic rings. The largest absolute Gasteiger partial charge is 0.494 e. The van der Waals surface area contributed by atoms with Crippen LogP contribution in [-0.4, -0.2) is 44.7 Å². The van der Waals surface area contributed by atoms with Crippen LogP contribution in [0.5, 0.6) is 5.75 Å². The minimum atomic E-state index is -4.32. The average Bonchev–Trinajstić information content (AvgIpc) is 3.24. The van der Waals surface area contributed by atoms with E-state index in [2.05, 4.69) is 15.0 Å². The maximum Gasteiger partial charge on any atom is 0.416 e. The predicted molar refractivity (Wildman–Crippen MR) is 127 cm³/mol. The quantitative estimate of drug-likeness (QED) is 0.389. The summed E-state index contributed by atoms with van der Waals surface area (Å²) in [6, 6.07) is 11.0. The third-order valence-corrected chi connectivity index (χ3v) is 6.66. The fourth-order valence-corrected chi connectivity index (χ4v) is 4.52. The van der Waals surface area contributed by atoms with Crippen LogP contribution in [0.15, 0.2) is 42.5 Å². The van der Waals surface area contributed by atoms with Crippen LogP contribution in [0.2, 0.25) is 0 Å². The van der Waals surface area contributed by atoms with E-state index in [1.165, 1.54) is 19.3 Å². The number of halogens is 3. The number of methoxy groups -OCH3 is 1. The number of ether oxygens (including phenoxy) is 1. The summed E-state index contributed by atoms with van der Waals surface area (Å²) in [6.45, 7) is 2.11. The number of aromatic nitrogens is 4. The van der Waals surface area contributed by atoms with Crippen LogP contribution < -0.4 is 10.5 Å². The van der Waals surface area contributed by atoms with E-state index < -0.39 is 11.7 Å². The molecule has 2 aromatic carbocycles. The molecular formula is C25H27F3N6O. The van der Waals surface area contributed by atoms with E-state index in [1.807, 2.05) is 18.2 Å². The van der Waals surface area contributed by atoms with E-state index in [0.717, 1.165) is 29.6 Å². The van der Waals surface area contributed by atoms with Crippen molar-refractivity contribution in [1.29, 1.82) is 0 Å². The van der Waals surface area contributed by atoms with E-state index in [1.54, 1.807) is 23.8 Å². The van der Waals surface area contributed by atoms with Crippen LogP contribution in [0.1, 0.15) is 36.2 Å². The Morgan fingerprint density at radius 1 is 1.11 bits per heavy atom. The molecule has 35 heavy (non-hydrogen) atoms. The van der Waals surface area contributed by atoms with Crippen LogP contribution in [0.4, 0.5) is 19.1 Å². The molecule has 184 valence electrons. The lowest BCUT2D eigenvalue weighted by Gasteiger charge is -2.31. The molecule has 7 nitrogen and oxygen atoms in total. The number of hydrogen-bond donors (Lipinski definition) is 1. The van der Waals surface area contributed by atoms with Crippen LogP contribution in [0.3, 0.4) is 0 Å². The fraction of sp³-hybridized carbons (Fsp3) is 0.400.